The molecule has 1 aliphatic rings. The number of aromatic nitrogens is 2. The van der Waals surface area contributed by atoms with Crippen molar-refractivity contribution in [3.05, 3.63) is 80.5 Å². The second-order valence-electron chi connectivity index (χ2n) is 7.79. The first kappa shape index (κ1) is 22.8. The number of nitrogens with zero attached hydrogens (tertiary/aromatic N) is 1. The Morgan fingerprint density at radius 2 is 1.79 bits per heavy atom. The lowest BCUT2D eigenvalue weighted by Gasteiger charge is -2.38. The zero-order valence-electron chi connectivity index (χ0n) is 17.2. The largest absolute Gasteiger partial charge is 0.388 e. The van der Waals surface area contributed by atoms with E-state index in [-0.39, 0.29) is 18.5 Å². The van der Waals surface area contributed by atoms with Gasteiger partial charge in [-0.25, -0.2) is 13.6 Å². The van der Waals surface area contributed by atoms with Gasteiger partial charge in [-0.1, -0.05) is 18.2 Å². The highest BCUT2D eigenvalue weighted by Crippen LogP contribution is 2.19. The monoisotopic (exact) mass is 461 g/mol. The average Bonchev–Trinajstić information content (AvgIpc) is 2.78. The van der Waals surface area contributed by atoms with E-state index in [4.69, 9.17) is 4.74 Å². The van der Waals surface area contributed by atoms with E-state index in [2.05, 4.69) is 10.3 Å². The van der Waals surface area contributed by atoms with Gasteiger partial charge >= 0.3 is 5.69 Å². The van der Waals surface area contributed by atoms with Gasteiger partial charge < -0.3 is 20.3 Å². The number of aliphatic hydroxyl groups is 2. The molecule has 1 aromatic heterocycles. The summed E-state index contributed by atoms with van der Waals surface area (Å²) in [6.07, 6.45) is -4.58. The number of rotatable bonds is 5. The van der Waals surface area contributed by atoms with Crippen LogP contribution in [0.1, 0.15) is 5.56 Å². The van der Waals surface area contributed by atoms with Gasteiger partial charge in [0.15, 0.2) is 0 Å². The van der Waals surface area contributed by atoms with E-state index in [1.165, 1.54) is 10.6 Å². The summed E-state index contributed by atoms with van der Waals surface area (Å²) in [6.45, 7) is -0.389. The average molecular weight is 461 g/mol. The van der Waals surface area contributed by atoms with Crippen molar-refractivity contribution >= 4 is 16.8 Å². The summed E-state index contributed by atoms with van der Waals surface area (Å²) in [6, 6.07) is 8.60. The van der Waals surface area contributed by atoms with E-state index in [9.17, 15) is 33.4 Å². The number of fused-ring (bicyclic) bond motifs is 1. The fraction of sp³-hybridized carbons (Fsp3) is 0.318. The van der Waals surface area contributed by atoms with Crippen molar-refractivity contribution < 1.29 is 28.5 Å². The van der Waals surface area contributed by atoms with E-state index in [1.807, 2.05) is 0 Å². The third-order valence-electron chi connectivity index (χ3n) is 5.65. The topological polar surface area (TPSA) is 134 Å². The molecule has 1 amide bonds. The highest BCUT2D eigenvalue weighted by molar-refractivity contribution is 5.79. The van der Waals surface area contributed by atoms with Gasteiger partial charge in [0.1, 0.15) is 29.9 Å². The molecule has 1 aliphatic heterocycles. The molecule has 4 rings (SSSR count). The molecule has 4 atom stereocenters. The number of carbonyl (C=O) groups is 1. The van der Waals surface area contributed by atoms with E-state index in [1.54, 1.807) is 24.3 Å². The summed E-state index contributed by atoms with van der Waals surface area (Å²) in [5.74, 6) is -2.51. The molecule has 0 radical (unpaired) electrons. The molecular weight excluding hydrogens is 440 g/mol. The van der Waals surface area contributed by atoms with Crippen molar-refractivity contribution in [1.29, 1.82) is 0 Å². The number of ether oxygens (including phenoxy) is 1. The van der Waals surface area contributed by atoms with Gasteiger partial charge in [-0.15, -0.1) is 0 Å². The molecule has 33 heavy (non-hydrogen) atoms. The Morgan fingerprint density at radius 3 is 2.52 bits per heavy atom. The lowest BCUT2D eigenvalue weighted by Crippen LogP contribution is -2.60. The van der Waals surface area contributed by atoms with Crippen molar-refractivity contribution in [3.8, 4) is 0 Å². The summed E-state index contributed by atoms with van der Waals surface area (Å²) in [5.41, 5.74) is -1.33. The van der Waals surface area contributed by atoms with Crippen LogP contribution in [0.25, 0.3) is 10.9 Å². The molecule has 0 aliphatic carbocycles. The first-order valence-electron chi connectivity index (χ1n) is 10.2. The molecule has 174 valence electrons. The number of benzene rings is 2. The second-order valence-corrected chi connectivity index (χ2v) is 7.79. The summed E-state index contributed by atoms with van der Waals surface area (Å²) in [5, 5.41) is 23.7. The number of nitrogens with one attached hydrogen (secondary N) is 2. The van der Waals surface area contributed by atoms with Crippen molar-refractivity contribution in [2.24, 2.45) is 0 Å². The summed E-state index contributed by atoms with van der Waals surface area (Å²) in [7, 11) is 0. The maximum Gasteiger partial charge on any atom is 0.328 e. The third kappa shape index (κ3) is 4.56. The summed E-state index contributed by atoms with van der Waals surface area (Å²) in [4.78, 5) is 38.8. The van der Waals surface area contributed by atoms with Gasteiger partial charge in [0.05, 0.1) is 36.5 Å². The number of para-hydroxylation sites is 1. The Hall–Kier alpha value is -3.41. The van der Waals surface area contributed by atoms with Gasteiger partial charge in [-0.05, 0) is 24.3 Å². The van der Waals surface area contributed by atoms with E-state index in [0.29, 0.717) is 5.52 Å². The van der Waals surface area contributed by atoms with E-state index in [0.717, 1.165) is 12.1 Å². The molecule has 9 nitrogen and oxygen atoms in total. The number of amides is 1. The molecule has 0 saturated carbocycles. The highest BCUT2D eigenvalue weighted by atomic mass is 19.1. The molecule has 0 bridgehead atoms. The number of hydrogen-bond donors (Lipinski definition) is 4. The van der Waals surface area contributed by atoms with Gasteiger partial charge in [0.25, 0.3) is 5.56 Å². The van der Waals surface area contributed by atoms with Gasteiger partial charge in [0, 0.05) is 5.56 Å². The Kier molecular flexibility index (Phi) is 6.36. The first-order valence-corrected chi connectivity index (χ1v) is 10.2. The maximum absolute atomic E-state index is 13.8. The Balaban J connectivity index is 1.46. The predicted octanol–water partition coefficient (Wildman–Crippen LogP) is -0.184. The van der Waals surface area contributed by atoms with Gasteiger partial charge in [-0.3, -0.25) is 19.1 Å². The van der Waals surface area contributed by atoms with Crippen LogP contribution in [0, 0.1) is 11.6 Å². The minimum Gasteiger partial charge on any atom is -0.388 e. The third-order valence-corrected chi connectivity index (χ3v) is 5.65. The molecule has 4 N–H and O–H groups in total. The quantitative estimate of drug-likeness (QED) is 0.417. The lowest BCUT2D eigenvalue weighted by molar-refractivity contribution is -0.158. The molecule has 0 spiro atoms. The van der Waals surface area contributed by atoms with Crippen LogP contribution in [-0.2, 0) is 22.5 Å². The van der Waals surface area contributed by atoms with Crippen LogP contribution in [0.3, 0.4) is 0 Å². The predicted molar refractivity (Wildman–Crippen MR) is 113 cm³/mol. The van der Waals surface area contributed by atoms with Gasteiger partial charge in [0.2, 0.25) is 5.91 Å². The van der Waals surface area contributed by atoms with Crippen LogP contribution in [0.15, 0.2) is 52.1 Å². The molecule has 0 unspecified atom stereocenters. The normalized spacial score (nSPS) is 22.9. The standard InChI is InChI=1S/C22H21F2N3O6/c23-13-5-3-6-14(24)12(13)8-18(28)25-15-10-33-17(20(30)19(15)29)9-27-16-7-2-1-4-11(16)21(31)26-22(27)32/h1-7,15,17,19-20,29-30H,8-10H2,(H,25,28)(H,26,31,32)/t15-,17-,19+,20-/m1/s1. The van der Waals surface area contributed by atoms with Crippen LogP contribution in [0.2, 0.25) is 0 Å². The van der Waals surface area contributed by atoms with Crippen LogP contribution in [0.5, 0.6) is 0 Å². The van der Waals surface area contributed by atoms with Crippen LogP contribution >= 0.6 is 0 Å². The molecule has 1 fully saturated rings. The maximum atomic E-state index is 13.8. The number of aliphatic hydroxyl groups excluding tert-OH is 2. The van der Waals surface area contributed by atoms with Crippen molar-refractivity contribution in [2.75, 3.05) is 6.61 Å². The van der Waals surface area contributed by atoms with E-state index >= 15 is 0 Å². The molecular formula is C22H21F2N3O6. The minimum absolute atomic E-state index is 0.171. The fourth-order valence-electron chi connectivity index (χ4n) is 3.89. The van der Waals surface area contributed by atoms with E-state index < -0.39 is 65.1 Å². The Morgan fingerprint density at radius 1 is 1.09 bits per heavy atom. The fourth-order valence-corrected chi connectivity index (χ4v) is 3.89. The summed E-state index contributed by atoms with van der Waals surface area (Å²) < 4.78 is 34.3. The zero-order chi connectivity index (χ0) is 23.7. The minimum atomic E-state index is -1.49. The van der Waals surface area contributed by atoms with Crippen molar-refractivity contribution in [3.63, 3.8) is 0 Å². The molecule has 2 aromatic carbocycles. The SMILES string of the molecule is O=C(Cc1c(F)cccc1F)N[C@@H]1CO[C@H](Cn2c(=O)[nH]c(=O)c3ccccc32)[C@@H](O)[C@H]1O. The van der Waals surface area contributed by atoms with Crippen molar-refractivity contribution in [2.45, 2.75) is 37.3 Å². The van der Waals surface area contributed by atoms with Crippen LogP contribution < -0.4 is 16.6 Å². The first-order chi connectivity index (χ1) is 15.8. The molecule has 2 heterocycles. The highest BCUT2D eigenvalue weighted by Gasteiger charge is 2.39. The number of hydrogen-bond acceptors (Lipinski definition) is 6. The molecule has 11 heteroatoms. The smallest absolute Gasteiger partial charge is 0.328 e. The van der Waals surface area contributed by atoms with Gasteiger partial charge in [-0.2, -0.15) is 0 Å². The Bertz CT molecular complexity index is 1290. The number of aromatic amines is 1. The molecule has 1 saturated heterocycles. The van der Waals surface area contributed by atoms with Crippen LogP contribution in [0.4, 0.5) is 8.78 Å². The lowest BCUT2D eigenvalue weighted by atomic mass is 9.97. The zero-order valence-corrected chi connectivity index (χ0v) is 17.2. The second kappa shape index (κ2) is 9.22. The number of H-pyrrole nitrogens is 1. The van der Waals surface area contributed by atoms with Crippen LogP contribution in [-0.4, -0.2) is 56.6 Å². The number of halogens is 2. The van der Waals surface area contributed by atoms with Crippen molar-refractivity contribution in [1.82, 2.24) is 14.9 Å². The Labute approximate surface area is 185 Å². The summed E-state index contributed by atoms with van der Waals surface area (Å²) >= 11 is 0. The molecule has 3 aromatic rings. The number of carbonyl (C=O) groups excluding carboxylic acids is 1.